The lowest BCUT2D eigenvalue weighted by molar-refractivity contribution is 0.0811. The molecule has 4 rings (SSSR count). The molecule has 3 amide bonds. The van der Waals surface area contributed by atoms with Crippen molar-refractivity contribution >= 4 is 69.9 Å². The fourth-order valence-electron chi connectivity index (χ4n) is 6.05. The normalized spacial score (nSPS) is 17.4. The number of oxime groups is 1. The zero-order valence-electron chi connectivity index (χ0n) is 25.4. The molecule has 0 aliphatic carbocycles. The Kier molecular flexibility index (Phi) is 12.6. The zero-order valence-corrected chi connectivity index (χ0v) is 28.5. The van der Waals surface area contributed by atoms with Gasteiger partial charge in [-0.05, 0) is 68.1 Å². The molecule has 45 heavy (non-hydrogen) atoms. The summed E-state index contributed by atoms with van der Waals surface area (Å²) in [5, 5.41) is 13.6. The minimum Gasteiger partial charge on any atom is -0.399 e. The molecule has 0 bridgehead atoms. The number of nitrogens with one attached hydrogen (secondary N) is 1. The predicted octanol–water partition coefficient (Wildman–Crippen LogP) is 6.08. The summed E-state index contributed by atoms with van der Waals surface area (Å²) in [7, 11) is 3.17. The van der Waals surface area contributed by atoms with Crippen LogP contribution in [0.5, 0.6) is 0 Å². The predicted molar refractivity (Wildman–Crippen MR) is 181 cm³/mol. The number of carbonyl (C=O) groups excluding carboxylic acids is 2. The first-order valence-corrected chi connectivity index (χ1v) is 16.3. The summed E-state index contributed by atoms with van der Waals surface area (Å²) in [5.74, 6) is -0.482. The van der Waals surface area contributed by atoms with Gasteiger partial charge in [0.15, 0.2) is 0 Å². The number of nitrogens with zero attached hydrogens (tertiary/aromatic N) is 5. The summed E-state index contributed by atoms with van der Waals surface area (Å²) in [6, 6.07) is 10.4. The number of halogens is 4. The lowest BCUT2D eigenvalue weighted by Gasteiger charge is -2.43. The number of likely N-dealkylation sites (tertiary alicyclic amines) is 1. The highest BCUT2D eigenvalue weighted by Crippen LogP contribution is 2.31. The van der Waals surface area contributed by atoms with Gasteiger partial charge in [-0.25, -0.2) is 4.79 Å². The van der Waals surface area contributed by atoms with Gasteiger partial charge < -0.3 is 30.2 Å². The molecule has 2 saturated heterocycles. The molecule has 1 atom stereocenters. The van der Waals surface area contributed by atoms with Crippen molar-refractivity contribution in [1.29, 1.82) is 5.41 Å². The first-order valence-electron chi connectivity index (χ1n) is 14.8. The van der Waals surface area contributed by atoms with Crippen molar-refractivity contribution in [3.63, 3.8) is 0 Å². The van der Waals surface area contributed by atoms with Crippen molar-refractivity contribution < 1.29 is 14.4 Å². The highest BCUT2D eigenvalue weighted by Gasteiger charge is 2.34. The third kappa shape index (κ3) is 9.39. The number of nitrogens with two attached hydrogens (primary N) is 1. The highest BCUT2D eigenvalue weighted by molar-refractivity contribution is 6.42. The van der Waals surface area contributed by atoms with Crippen LogP contribution in [0.2, 0.25) is 20.1 Å². The van der Waals surface area contributed by atoms with Crippen LogP contribution in [0.25, 0.3) is 0 Å². The first-order chi connectivity index (χ1) is 21.5. The average Bonchev–Trinajstić information content (AvgIpc) is 2.99. The first kappa shape index (κ1) is 35.1. The van der Waals surface area contributed by atoms with Crippen LogP contribution in [0.4, 0.5) is 4.79 Å². The Morgan fingerprint density at radius 3 is 2.38 bits per heavy atom. The lowest BCUT2D eigenvalue weighted by atomic mass is 9.89. The summed E-state index contributed by atoms with van der Waals surface area (Å²) < 4.78 is 0. The van der Waals surface area contributed by atoms with Gasteiger partial charge in [-0.3, -0.25) is 10.2 Å². The van der Waals surface area contributed by atoms with Crippen LogP contribution >= 0.6 is 46.4 Å². The van der Waals surface area contributed by atoms with Gasteiger partial charge in [-0.1, -0.05) is 57.6 Å². The van der Waals surface area contributed by atoms with Crippen LogP contribution < -0.4 is 5.73 Å². The Morgan fingerprint density at radius 1 is 1.07 bits per heavy atom. The zero-order chi connectivity index (χ0) is 32.7. The van der Waals surface area contributed by atoms with Crippen LogP contribution in [0.1, 0.15) is 47.5 Å². The molecule has 2 aromatic carbocycles. The van der Waals surface area contributed by atoms with Gasteiger partial charge in [-0.2, -0.15) is 0 Å². The highest BCUT2D eigenvalue weighted by atomic mass is 35.5. The number of rotatable bonds is 12. The number of hydrogen-bond acceptors (Lipinski definition) is 6. The summed E-state index contributed by atoms with van der Waals surface area (Å²) in [6.07, 6.45) is 3.27. The van der Waals surface area contributed by atoms with E-state index in [1.54, 1.807) is 41.1 Å². The molecule has 0 radical (unpaired) electrons. The van der Waals surface area contributed by atoms with E-state index in [1.807, 2.05) is 17.0 Å². The second kappa shape index (κ2) is 16.2. The third-order valence-electron chi connectivity index (χ3n) is 8.25. The Balaban J connectivity index is 1.45. The Labute approximate surface area is 284 Å². The summed E-state index contributed by atoms with van der Waals surface area (Å²) in [4.78, 5) is 39.2. The van der Waals surface area contributed by atoms with E-state index >= 15 is 0 Å². The van der Waals surface area contributed by atoms with E-state index in [0.29, 0.717) is 44.3 Å². The van der Waals surface area contributed by atoms with Crippen LogP contribution in [-0.4, -0.2) is 109 Å². The van der Waals surface area contributed by atoms with E-state index in [1.165, 1.54) is 7.11 Å². The standard InChI is InChI=1S/C31H39Cl4N7O3/c1-39(30(43)21-14-22(32)17-23(33)15-21)18-28(38-45-2)25(20-4-5-26(34)27(35)16-20)8-13-40-11-6-24(7-12-40)42-10-3-9-41(31(42)44)19-29(36)37/h4-5,14-17,24-25H,3,6-13,18-19H2,1-2H3,(H3,36,37)/b38-28+. The van der Waals surface area contributed by atoms with Crippen molar-refractivity contribution in [3.8, 4) is 0 Å². The van der Waals surface area contributed by atoms with Crippen molar-refractivity contribution in [2.24, 2.45) is 10.9 Å². The topological polar surface area (TPSA) is 119 Å². The third-order valence-corrected chi connectivity index (χ3v) is 9.42. The summed E-state index contributed by atoms with van der Waals surface area (Å²) in [5.41, 5.74) is 7.50. The second-order valence-corrected chi connectivity index (χ2v) is 13.1. The minimum absolute atomic E-state index is 0.00245. The van der Waals surface area contributed by atoms with Gasteiger partial charge in [0.1, 0.15) is 12.9 Å². The van der Waals surface area contributed by atoms with Gasteiger partial charge in [0.25, 0.3) is 5.91 Å². The maximum atomic E-state index is 13.3. The quantitative estimate of drug-likeness (QED) is 0.158. The molecular weight excluding hydrogens is 660 g/mol. The van der Waals surface area contributed by atoms with E-state index in [0.717, 1.165) is 51.0 Å². The minimum atomic E-state index is -0.257. The number of piperidine rings is 1. The second-order valence-electron chi connectivity index (χ2n) is 11.4. The fraction of sp³-hybridized carbons (Fsp3) is 0.484. The molecule has 2 heterocycles. The SMILES string of the molecule is CO/N=C(\CN(C)C(=O)c1cc(Cl)cc(Cl)c1)C(CCN1CCC(N2CCCN(CC(=N)N)C2=O)CC1)c1ccc(Cl)c(Cl)c1. The molecule has 1 unspecified atom stereocenters. The molecule has 2 fully saturated rings. The molecule has 0 aromatic heterocycles. The van der Waals surface area contributed by atoms with Gasteiger partial charge in [0, 0.05) is 60.8 Å². The van der Waals surface area contributed by atoms with Crippen molar-refractivity contribution in [2.75, 3.05) is 60.0 Å². The van der Waals surface area contributed by atoms with E-state index in [-0.39, 0.29) is 42.8 Å². The maximum Gasteiger partial charge on any atom is 0.320 e. The molecule has 10 nitrogen and oxygen atoms in total. The van der Waals surface area contributed by atoms with Gasteiger partial charge >= 0.3 is 6.03 Å². The van der Waals surface area contributed by atoms with Gasteiger partial charge in [-0.15, -0.1) is 0 Å². The number of hydrogen-bond donors (Lipinski definition) is 2. The van der Waals surface area contributed by atoms with Crippen LogP contribution in [0.3, 0.4) is 0 Å². The largest absolute Gasteiger partial charge is 0.399 e. The molecular formula is C31H39Cl4N7O3. The lowest BCUT2D eigenvalue weighted by Crippen LogP contribution is -2.57. The maximum absolute atomic E-state index is 13.3. The molecule has 244 valence electrons. The number of amidine groups is 1. The number of urea groups is 1. The monoisotopic (exact) mass is 697 g/mol. The molecule has 0 saturated carbocycles. The number of carbonyl (C=O) groups is 2. The van der Waals surface area contributed by atoms with Gasteiger partial charge in [0.2, 0.25) is 0 Å². The van der Waals surface area contributed by atoms with E-state index in [4.69, 9.17) is 62.4 Å². The number of benzene rings is 2. The van der Waals surface area contributed by atoms with Crippen molar-refractivity contribution in [1.82, 2.24) is 19.6 Å². The molecule has 2 aromatic rings. The molecule has 3 N–H and O–H groups in total. The molecule has 2 aliphatic heterocycles. The van der Waals surface area contributed by atoms with Gasteiger partial charge in [0.05, 0.1) is 28.8 Å². The van der Waals surface area contributed by atoms with Crippen molar-refractivity contribution in [2.45, 2.75) is 37.6 Å². The molecule has 0 spiro atoms. The average molecular weight is 700 g/mol. The van der Waals surface area contributed by atoms with Crippen LogP contribution in [0, 0.1) is 5.41 Å². The van der Waals surface area contributed by atoms with Crippen LogP contribution in [-0.2, 0) is 4.84 Å². The number of amides is 3. The fourth-order valence-corrected chi connectivity index (χ4v) is 6.88. The Hall–Kier alpha value is -2.76. The van der Waals surface area contributed by atoms with E-state index in [9.17, 15) is 9.59 Å². The van der Waals surface area contributed by atoms with Crippen LogP contribution in [0.15, 0.2) is 41.6 Å². The Bertz CT molecular complexity index is 1400. The summed E-state index contributed by atoms with van der Waals surface area (Å²) in [6.45, 7) is 4.14. The van der Waals surface area contributed by atoms with E-state index in [2.05, 4.69) is 10.1 Å². The summed E-state index contributed by atoms with van der Waals surface area (Å²) >= 11 is 25.0. The van der Waals surface area contributed by atoms with E-state index < -0.39 is 0 Å². The smallest absolute Gasteiger partial charge is 0.320 e. The molecule has 2 aliphatic rings. The van der Waals surface area contributed by atoms with Crippen molar-refractivity contribution in [3.05, 3.63) is 67.6 Å². The molecule has 14 heteroatoms. The Morgan fingerprint density at radius 2 is 1.76 bits per heavy atom.